The molecule has 0 spiro atoms. The molecule has 0 saturated carbocycles. The van der Waals surface area contributed by atoms with Crippen molar-refractivity contribution in [1.82, 2.24) is 8.61 Å². The van der Waals surface area contributed by atoms with Gasteiger partial charge in [0.1, 0.15) is 5.75 Å². The molecule has 2 aromatic rings. The van der Waals surface area contributed by atoms with Gasteiger partial charge in [-0.05, 0) is 68.1 Å². The van der Waals surface area contributed by atoms with Crippen LogP contribution in [0.5, 0.6) is 5.75 Å². The summed E-state index contributed by atoms with van der Waals surface area (Å²) in [5, 5.41) is 3.21. The zero-order chi connectivity index (χ0) is 25.9. The number of sulfonamides is 2. The van der Waals surface area contributed by atoms with Crippen LogP contribution in [0.4, 0.5) is 5.69 Å². The quantitative estimate of drug-likeness (QED) is 0.559. The van der Waals surface area contributed by atoms with Crippen LogP contribution in [-0.2, 0) is 24.8 Å². The second kappa shape index (κ2) is 11.1. The van der Waals surface area contributed by atoms with Gasteiger partial charge in [0.2, 0.25) is 26.0 Å². The van der Waals surface area contributed by atoms with E-state index in [0.717, 1.165) is 19.3 Å². The molecule has 0 aliphatic carbocycles. The average molecular weight is 556 g/mol. The number of carbonyl (C=O) groups is 1. The Hall–Kier alpha value is -2.18. The fourth-order valence-electron chi connectivity index (χ4n) is 4.56. The van der Waals surface area contributed by atoms with Crippen molar-refractivity contribution in [2.45, 2.75) is 41.9 Å². The van der Waals surface area contributed by atoms with E-state index in [0.29, 0.717) is 43.2 Å². The van der Waals surface area contributed by atoms with Gasteiger partial charge in [0.15, 0.2) is 0 Å². The number of nitrogens with one attached hydrogen (secondary N) is 1. The van der Waals surface area contributed by atoms with Crippen molar-refractivity contribution in [2.24, 2.45) is 5.92 Å². The van der Waals surface area contributed by atoms with Gasteiger partial charge in [0.05, 0.1) is 28.5 Å². The number of hydrogen-bond donors (Lipinski definition) is 1. The lowest BCUT2D eigenvalue weighted by Crippen LogP contribution is -2.43. The highest BCUT2D eigenvalue weighted by atomic mass is 35.5. The Kier molecular flexibility index (Phi) is 8.25. The van der Waals surface area contributed by atoms with Crippen LogP contribution < -0.4 is 10.1 Å². The third kappa shape index (κ3) is 5.70. The van der Waals surface area contributed by atoms with Gasteiger partial charge in [0, 0.05) is 31.2 Å². The molecule has 2 saturated heterocycles. The third-order valence-corrected chi connectivity index (χ3v) is 10.6. The molecule has 0 bridgehead atoms. The molecule has 2 aliphatic heterocycles. The van der Waals surface area contributed by atoms with Gasteiger partial charge in [-0.2, -0.15) is 8.61 Å². The number of ether oxygens (including phenoxy) is 1. The first-order chi connectivity index (χ1) is 17.1. The maximum atomic E-state index is 13.2. The van der Waals surface area contributed by atoms with Crippen LogP contribution in [0.1, 0.15) is 32.1 Å². The van der Waals surface area contributed by atoms with E-state index in [2.05, 4.69) is 5.32 Å². The number of halogens is 1. The third-order valence-electron chi connectivity index (χ3n) is 6.59. The van der Waals surface area contributed by atoms with E-state index < -0.39 is 31.9 Å². The number of nitrogens with zero attached hydrogens (tertiary/aromatic N) is 2. The summed E-state index contributed by atoms with van der Waals surface area (Å²) >= 11 is 5.89. The first kappa shape index (κ1) is 26.9. The van der Waals surface area contributed by atoms with E-state index in [1.165, 1.54) is 58.2 Å². The average Bonchev–Trinajstić information content (AvgIpc) is 2.89. The van der Waals surface area contributed by atoms with Crippen molar-refractivity contribution >= 4 is 43.2 Å². The van der Waals surface area contributed by atoms with E-state index in [1.54, 1.807) is 0 Å². The van der Waals surface area contributed by atoms with E-state index in [1.807, 2.05) is 0 Å². The fourth-order valence-corrected chi connectivity index (χ4v) is 7.76. The Labute approximate surface area is 217 Å². The van der Waals surface area contributed by atoms with Crippen molar-refractivity contribution in [1.29, 1.82) is 0 Å². The largest absolute Gasteiger partial charge is 0.495 e. The molecular formula is C24H30ClN3O6S2. The van der Waals surface area contributed by atoms with Gasteiger partial charge in [-0.15, -0.1) is 0 Å². The SMILES string of the molecule is COc1ccc(S(=O)(=O)N2CCCCC2)cc1NC(=O)C1CCCN(S(=O)(=O)c2ccc(Cl)cc2)C1. The highest BCUT2D eigenvalue weighted by molar-refractivity contribution is 7.89. The Balaban J connectivity index is 1.52. The van der Waals surface area contributed by atoms with Crippen molar-refractivity contribution in [2.75, 3.05) is 38.6 Å². The minimum atomic E-state index is -3.78. The summed E-state index contributed by atoms with van der Waals surface area (Å²) in [6.45, 7) is 1.26. The van der Waals surface area contributed by atoms with Gasteiger partial charge < -0.3 is 10.1 Å². The first-order valence-corrected chi connectivity index (χ1v) is 15.1. The summed E-state index contributed by atoms with van der Waals surface area (Å²) in [5.74, 6) is -0.674. The number of carbonyl (C=O) groups excluding carboxylic acids is 1. The highest BCUT2D eigenvalue weighted by Crippen LogP contribution is 2.32. The lowest BCUT2D eigenvalue weighted by molar-refractivity contribution is -0.120. The standard InChI is InChI=1S/C24H30ClN3O6S2/c1-34-23-12-11-21(36(32,33)27-13-3-2-4-14-27)16-22(23)26-24(29)18-6-5-15-28(17-18)35(30,31)20-9-7-19(25)8-10-20/h7-12,16,18H,2-6,13-15,17H2,1H3,(H,26,29). The van der Waals surface area contributed by atoms with Crippen LogP contribution in [0.15, 0.2) is 52.3 Å². The van der Waals surface area contributed by atoms with Gasteiger partial charge in [-0.1, -0.05) is 18.0 Å². The molecule has 36 heavy (non-hydrogen) atoms. The van der Waals surface area contributed by atoms with E-state index >= 15 is 0 Å². The lowest BCUT2D eigenvalue weighted by Gasteiger charge is -2.31. The van der Waals surface area contributed by atoms with Crippen molar-refractivity contribution in [3.63, 3.8) is 0 Å². The lowest BCUT2D eigenvalue weighted by atomic mass is 9.98. The maximum Gasteiger partial charge on any atom is 0.243 e. The molecule has 12 heteroatoms. The van der Waals surface area contributed by atoms with Crippen molar-refractivity contribution in [3.05, 3.63) is 47.5 Å². The Morgan fingerprint density at radius 2 is 1.50 bits per heavy atom. The number of methoxy groups -OCH3 is 1. The number of benzene rings is 2. The molecule has 1 amide bonds. The fraction of sp³-hybridized carbons (Fsp3) is 0.458. The number of piperidine rings is 2. The summed E-state index contributed by atoms with van der Waals surface area (Å²) < 4.78 is 60.6. The molecule has 4 rings (SSSR count). The Morgan fingerprint density at radius 3 is 2.17 bits per heavy atom. The summed E-state index contributed by atoms with van der Waals surface area (Å²) in [4.78, 5) is 13.4. The molecule has 9 nitrogen and oxygen atoms in total. The van der Waals surface area contributed by atoms with Gasteiger partial charge in [-0.3, -0.25) is 4.79 Å². The molecule has 1 unspecified atom stereocenters. The minimum absolute atomic E-state index is 0.0187. The molecule has 0 aromatic heterocycles. The molecule has 1 atom stereocenters. The molecular weight excluding hydrogens is 526 g/mol. The Morgan fingerprint density at radius 1 is 0.889 bits per heavy atom. The van der Waals surface area contributed by atoms with E-state index in [4.69, 9.17) is 16.3 Å². The summed E-state index contributed by atoms with van der Waals surface area (Å²) in [6, 6.07) is 10.3. The van der Waals surface area contributed by atoms with E-state index in [9.17, 15) is 21.6 Å². The number of amides is 1. The number of anilines is 1. The molecule has 2 heterocycles. The van der Waals surface area contributed by atoms with Crippen LogP contribution in [0, 0.1) is 5.92 Å². The normalized spacial score (nSPS) is 20.1. The smallest absolute Gasteiger partial charge is 0.243 e. The highest BCUT2D eigenvalue weighted by Gasteiger charge is 2.34. The predicted molar refractivity (Wildman–Crippen MR) is 137 cm³/mol. The van der Waals surface area contributed by atoms with Crippen molar-refractivity contribution in [3.8, 4) is 5.75 Å². The first-order valence-electron chi connectivity index (χ1n) is 11.9. The predicted octanol–water partition coefficient (Wildman–Crippen LogP) is 3.56. The van der Waals surface area contributed by atoms with Crippen LogP contribution in [0.3, 0.4) is 0 Å². The molecule has 2 aliphatic rings. The maximum absolute atomic E-state index is 13.2. The topological polar surface area (TPSA) is 113 Å². The summed E-state index contributed by atoms with van der Waals surface area (Å²) in [6.07, 6.45) is 3.66. The van der Waals surface area contributed by atoms with Crippen LogP contribution >= 0.6 is 11.6 Å². The second-order valence-electron chi connectivity index (χ2n) is 8.97. The number of rotatable bonds is 7. The van der Waals surface area contributed by atoms with Gasteiger partial charge >= 0.3 is 0 Å². The zero-order valence-electron chi connectivity index (χ0n) is 20.0. The summed E-state index contributed by atoms with van der Waals surface area (Å²) in [7, 11) is -6.05. The van der Waals surface area contributed by atoms with E-state index in [-0.39, 0.29) is 22.0 Å². The molecule has 196 valence electrons. The second-order valence-corrected chi connectivity index (χ2v) is 13.3. The van der Waals surface area contributed by atoms with Gasteiger partial charge in [-0.25, -0.2) is 16.8 Å². The van der Waals surface area contributed by atoms with Crippen LogP contribution in [-0.4, -0.2) is 64.6 Å². The summed E-state index contributed by atoms with van der Waals surface area (Å²) in [5.41, 5.74) is 0.235. The monoisotopic (exact) mass is 555 g/mol. The van der Waals surface area contributed by atoms with Crippen molar-refractivity contribution < 1.29 is 26.4 Å². The molecule has 1 N–H and O–H groups in total. The molecule has 0 radical (unpaired) electrons. The minimum Gasteiger partial charge on any atom is -0.495 e. The van der Waals surface area contributed by atoms with Crippen LogP contribution in [0.2, 0.25) is 5.02 Å². The zero-order valence-corrected chi connectivity index (χ0v) is 22.4. The van der Waals surface area contributed by atoms with Gasteiger partial charge in [0.25, 0.3) is 0 Å². The Bertz CT molecular complexity index is 1310. The molecule has 2 aromatic carbocycles. The molecule has 2 fully saturated rings. The van der Waals surface area contributed by atoms with Crippen LogP contribution in [0.25, 0.3) is 0 Å². The number of hydrogen-bond acceptors (Lipinski definition) is 6.